The van der Waals surface area contributed by atoms with E-state index in [-0.39, 0.29) is 5.97 Å². The number of halogens is 1. The van der Waals surface area contributed by atoms with Gasteiger partial charge in [-0.3, -0.25) is 0 Å². The van der Waals surface area contributed by atoms with Crippen LogP contribution in [-0.2, 0) is 11.3 Å². The lowest BCUT2D eigenvalue weighted by molar-refractivity contribution is 0.0535. The number of cyclic esters (lactones) is 1. The molecule has 0 radical (unpaired) electrons. The Morgan fingerprint density at radius 1 is 1.32 bits per heavy atom. The number of esters is 1. The van der Waals surface area contributed by atoms with Crippen LogP contribution in [0.2, 0.25) is 0 Å². The van der Waals surface area contributed by atoms with Gasteiger partial charge in [-0.15, -0.1) is 0 Å². The number of rotatable bonds is 2. The summed E-state index contributed by atoms with van der Waals surface area (Å²) in [6, 6.07) is 3.84. The van der Waals surface area contributed by atoms with Crippen molar-refractivity contribution in [3.05, 3.63) is 39.4 Å². The van der Waals surface area contributed by atoms with E-state index in [1.807, 2.05) is 12.1 Å². The smallest absolute Gasteiger partial charge is 0.338 e. The van der Waals surface area contributed by atoms with Crippen molar-refractivity contribution < 1.29 is 9.53 Å². The van der Waals surface area contributed by atoms with Crippen LogP contribution in [0, 0.1) is 5.92 Å². The van der Waals surface area contributed by atoms with E-state index in [0.29, 0.717) is 18.1 Å². The molecule has 2 heterocycles. The van der Waals surface area contributed by atoms with Gasteiger partial charge in [-0.2, -0.15) is 0 Å². The number of carbonyl (C=O) groups excluding carboxylic acids is 1. The quantitative estimate of drug-likeness (QED) is 0.850. The summed E-state index contributed by atoms with van der Waals surface area (Å²) in [4.78, 5) is 11.5. The van der Waals surface area contributed by atoms with E-state index in [2.05, 4.69) is 33.4 Å². The highest BCUT2D eigenvalue weighted by molar-refractivity contribution is 9.10. The van der Waals surface area contributed by atoms with Crippen LogP contribution >= 0.6 is 15.9 Å². The third-order valence-electron chi connectivity index (χ3n) is 3.77. The number of nitrogens with one attached hydrogen (secondary N) is 1. The number of hydrogen-bond donors (Lipinski definition) is 1. The molecule has 0 saturated carbocycles. The SMILES string of the molecule is O=C1OCc2c1ccc(/C=C\C1CCNCC1)c2Br. The van der Waals surface area contributed by atoms with Crippen molar-refractivity contribution in [2.45, 2.75) is 19.4 Å². The maximum absolute atomic E-state index is 11.5. The molecule has 1 aromatic rings. The van der Waals surface area contributed by atoms with E-state index in [0.717, 1.165) is 28.7 Å². The second-order valence-corrected chi connectivity index (χ2v) is 5.81. The second-order valence-electron chi connectivity index (χ2n) is 5.02. The van der Waals surface area contributed by atoms with Crippen LogP contribution in [0.25, 0.3) is 6.08 Å². The molecular weight excluding hydrogens is 306 g/mol. The minimum absolute atomic E-state index is 0.218. The first kappa shape index (κ1) is 12.9. The number of benzene rings is 1. The molecule has 3 nitrogen and oxygen atoms in total. The highest BCUT2D eigenvalue weighted by Gasteiger charge is 2.24. The van der Waals surface area contributed by atoms with Gasteiger partial charge in [0.15, 0.2) is 0 Å². The Hall–Kier alpha value is -1.13. The Morgan fingerprint density at radius 3 is 2.89 bits per heavy atom. The van der Waals surface area contributed by atoms with Crippen molar-refractivity contribution in [3.63, 3.8) is 0 Å². The van der Waals surface area contributed by atoms with E-state index in [4.69, 9.17) is 4.74 Å². The molecule has 1 fully saturated rings. The fourth-order valence-corrected chi connectivity index (χ4v) is 3.18. The van der Waals surface area contributed by atoms with E-state index in [9.17, 15) is 4.79 Å². The summed E-state index contributed by atoms with van der Waals surface area (Å²) in [7, 11) is 0. The molecule has 0 unspecified atom stereocenters. The van der Waals surface area contributed by atoms with Crippen LogP contribution < -0.4 is 5.32 Å². The number of allylic oxidation sites excluding steroid dienone is 1. The van der Waals surface area contributed by atoms with Gasteiger partial charge in [-0.05, 0) is 59.4 Å². The first-order valence-electron chi connectivity index (χ1n) is 6.63. The summed E-state index contributed by atoms with van der Waals surface area (Å²) >= 11 is 3.59. The fraction of sp³-hybridized carbons (Fsp3) is 0.400. The Morgan fingerprint density at radius 2 is 2.11 bits per heavy atom. The van der Waals surface area contributed by atoms with Crippen LogP contribution in [0.3, 0.4) is 0 Å². The van der Waals surface area contributed by atoms with Crippen molar-refractivity contribution in [2.24, 2.45) is 5.92 Å². The average molecular weight is 322 g/mol. The molecule has 0 amide bonds. The molecule has 1 saturated heterocycles. The number of hydrogen-bond acceptors (Lipinski definition) is 3. The van der Waals surface area contributed by atoms with Gasteiger partial charge >= 0.3 is 5.97 Å². The molecule has 19 heavy (non-hydrogen) atoms. The van der Waals surface area contributed by atoms with Crippen molar-refractivity contribution in [2.75, 3.05) is 13.1 Å². The molecule has 3 rings (SSSR count). The Kier molecular flexibility index (Phi) is 3.71. The number of ether oxygens (including phenoxy) is 1. The van der Waals surface area contributed by atoms with Gasteiger partial charge in [0.05, 0.1) is 5.56 Å². The second kappa shape index (κ2) is 5.47. The zero-order chi connectivity index (χ0) is 13.2. The normalized spacial score (nSPS) is 19.7. The topological polar surface area (TPSA) is 38.3 Å². The minimum atomic E-state index is -0.218. The van der Waals surface area contributed by atoms with Crippen molar-refractivity contribution >= 4 is 28.0 Å². The summed E-state index contributed by atoms with van der Waals surface area (Å²) in [5.41, 5.74) is 2.78. The van der Waals surface area contributed by atoms with Crippen LogP contribution in [0.1, 0.15) is 34.3 Å². The van der Waals surface area contributed by atoms with Crippen molar-refractivity contribution in [1.29, 1.82) is 0 Å². The van der Waals surface area contributed by atoms with Gasteiger partial charge in [-0.25, -0.2) is 4.79 Å². The maximum atomic E-state index is 11.5. The molecule has 4 heteroatoms. The van der Waals surface area contributed by atoms with Gasteiger partial charge in [-0.1, -0.05) is 18.2 Å². The lowest BCUT2D eigenvalue weighted by Gasteiger charge is -2.19. The third kappa shape index (κ3) is 2.60. The molecule has 2 aliphatic heterocycles. The first-order chi connectivity index (χ1) is 9.25. The molecular formula is C15H16BrNO2. The van der Waals surface area contributed by atoms with Gasteiger partial charge in [0.1, 0.15) is 6.61 Å². The molecule has 0 bridgehead atoms. The van der Waals surface area contributed by atoms with E-state index >= 15 is 0 Å². The van der Waals surface area contributed by atoms with E-state index in [1.165, 1.54) is 12.8 Å². The highest BCUT2D eigenvalue weighted by atomic mass is 79.9. The van der Waals surface area contributed by atoms with E-state index in [1.54, 1.807) is 0 Å². The van der Waals surface area contributed by atoms with Gasteiger partial charge < -0.3 is 10.1 Å². The largest absolute Gasteiger partial charge is 0.457 e. The molecule has 1 N–H and O–H groups in total. The fourth-order valence-electron chi connectivity index (χ4n) is 2.59. The van der Waals surface area contributed by atoms with Crippen molar-refractivity contribution in [1.82, 2.24) is 5.32 Å². The summed E-state index contributed by atoms with van der Waals surface area (Å²) in [5.74, 6) is 0.434. The maximum Gasteiger partial charge on any atom is 0.338 e. The molecule has 0 atom stereocenters. The summed E-state index contributed by atoms with van der Waals surface area (Å²) < 4.78 is 6.04. The molecule has 0 spiro atoms. The zero-order valence-electron chi connectivity index (χ0n) is 10.6. The average Bonchev–Trinajstić information content (AvgIpc) is 2.82. The Bertz CT molecular complexity index is 533. The zero-order valence-corrected chi connectivity index (χ0v) is 12.2. The molecule has 0 aliphatic carbocycles. The van der Waals surface area contributed by atoms with Crippen LogP contribution in [0.15, 0.2) is 22.7 Å². The number of piperidine rings is 1. The number of carbonyl (C=O) groups is 1. The predicted molar refractivity (Wildman–Crippen MR) is 77.9 cm³/mol. The molecule has 1 aromatic carbocycles. The van der Waals surface area contributed by atoms with E-state index < -0.39 is 0 Å². The first-order valence-corrected chi connectivity index (χ1v) is 7.42. The summed E-state index contributed by atoms with van der Waals surface area (Å²) in [5, 5.41) is 3.37. The minimum Gasteiger partial charge on any atom is -0.457 e. The van der Waals surface area contributed by atoms with Crippen LogP contribution in [0.5, 0.6) is 0 Å². The Labute approximate surface area is 121 Å². The van der Waals surface area contributed by atoms with Gasteiger partial charge in [0.25, 0.3) is 0 Å². The third-order valence-corrected chi connectivity index (χ3v) is 4.71. The highest BCUT2D eigenvalue weighted by Crippen LogP contribution is 2.31. The summed E-state index contributed by atoms with van der Waals surface area (Å²) in [6.45, 7) is 2.58. The van der Waals surface area contributed by atoms with Gasteiger partial charge in [0.2, 0.25) is 0 Å². The van der Waals surface area contributed by atoms with Crippen molar-refractivity contribution in [3.8, 4) is 0 Å². The predicted octanol–water partition coefficient (Wildman–Crippen LogP) is 3.13. The standard InChI is InChI=1S/C15H16BrNO2/c16-14-11(2-1-10-5-7-17-8-6-10)3-4-12-13(14)9-19-15(12)18/h1-4,10,17H,5-9H2/b2-1-. The summed E-state index contributed by atoms with van der Waals surface area (Å²) in [6.07, 6.45) is 6.83. The van der Waals surface area contributed by atoms with Gasteiger partial charge in [0, 0.05) is 10.0 Å². The lowest BCUT2D eigenvalue weighted by Crippen LogP contribution is -2.26. The number of fused-ring (bicyclic) bond motifs is 1. The molecule has 0 aromatic heterocycles. The molecule has 2 aliphatic rings. The monoisotopic (exact) mass is 321 g/mol. The Balaban J connectivity index is 1.82. The van der Waals surface area contributed by atoms with Crippen LogP contribution in [0.4, 0.5) is 0 Å². The lowest BCUT2D eigenvalue weighted by atomic mass is 9.96. The van der Waals surface area contributed by atoms with Crippen LogP contribution in [-0.4, -0.2) is 19.1 Å². The molecule has 100 valence electrons.